The van der Waals surface area contributed by atoms with E-state index in [2.05, 4.69) is 29.4 Å². The molecule has 0 aliphatic carbocycles. The van der Waals surface area contributed by atoms with Crippen LogP contribution in [0, 0.1) is 0 Å². The van der Waals surface area contributed by atoms with E-state index in [-0.39, 0.29) is 5.91 Å². The first kappa shape index (κ1) is 13.3. The molecule has 0 bridgehead atoms. The van der Waals surface area contributed by atoms with Crippen LogP contribution in [0.5, 0.6) is 0 Å². The predicted molar refractivity (Wildman–Crippen MR) is 76.0 cm³/mol. The zero-order valence-electron chi connectivity index (χ0n) is 11.0. The maximum absolute atomic E-state index is 11.8. The van der Waals surface area contributed by atoms with Crippen LogP contribution in [0.15, 0.2) is 54.9 Å². The Kier molecular flexibility index (Phi) is 4.67. The number of carbonyl (C=O) groups excluding carboxylic acids is 1. The van der Waals surface area contributed by atoms with E-state index in [4.69, 9.17) is 0 Å². The highest BCUT2D eigenvalue weighted by Crippen LogP contribution is 2.17. The van der Waals surface area contributed by atoms with Gasteiger partial charge in [0.15, 0.2) is 0 Å². The van der Waals surface area contributed by atoms with Gasteiger partial charge in [-0.25, -0.2) is 0 Å². The molecule has 1 atom stereocenters. The molecule has 1 unspecified atom stereocenters. The van der Waals surface area contributed by atoms with Crippen molar-refractivity contribution in [1.29, 1.82) is 0 Å². The number of nitrogens with one attached hydrogen (secondary N) is 1. The standard InChI is InChI=1S/C16H18N2O/c1-13(14-5-3-2-4-6-14)7-12-18-16(19)15-8-10-17-11-9-15/h2-6,8-11,13H,7,12H2,1H3,(H,18,19). The minimum Gasteiger partial charge on any atom is -0.352 e. The molecule has 98 valence electrons. The van der Waals surface area contributed by atoms with Gasteiger partial charge in [0, 0.05) is 24.5 Å². The number of nitrogens with zero attached hydrogens (tertiary/aromatic N) is 1. The number of amides is 1. The molecular formula is C16H18N2O. The minimum atomic E-state index is -0.0392. The van der Waals surface area contributed by atoms with Crippen molar-refractivity contribution in [2.24, 2.45) is 0 Å². The van der Waals surface area contributed by atoms with Crippen molar-refractivity contribution in [3.63, 3.8) is 0 Å². The number of pyridine rings is 1. The summed E-state index contributed by atoms with van der Waals surface area (Å²) in [5.41, 5.74) is 1.96. The van der Waals surface area contributed by atoms with E-state index in [9.17, 15) is 4.79 Å². The van der Waals surface area contributed by atoms with Gasteiger partial charge in [-0.05, 0) is 30.0 Å². The lowest BCUT2D eigenvalue weighted by Crippen LogP contribution is -2.25. The molecule has 0 radical (unpaired) electrons. The first-order valence-electron chi connectivity index (χ1n) is 6.50. The number of rotatable bonds is 5. The van der Waals surface area contributed by atoms with E-state index in [1.54, 1.807) is 24.5 Å². The van der Waals surface area contributed by atoms with E-state index < -0.39 is 0 Å². The van der Waals surface area contributed by atoms with Gasteiger partial charge in [-0.2, -0.15) is 0 Å². The van der Waals surface area contributed by atoms with Gasteiger partial charge < -0.3 is 5.32 Å². The summed E-state index contributed by atoms with van der Waals surface area (Å²) in [6.45, 7) is 2.85. The lowest BCUT2D eigenvalue weighted by molar-refractivity contribution is 0.0952. The summed E-state index contributed by atoms with van der Waals surface area (Å²) in [5.74, 6) is 0.404. The van der Waals surface area contributed by atoms with E-state index in [1.165, 1.54) is 5.56 Å². The number of hydrogen-bond acceptors (Lipinski definition) is 2. The van der Waals surface area contributed by atoms with Gasteiger partial charge in [0.2, 0.25) is 0 Å². The molecule has 0 saturated carbocycles. The lowest BCUT2D eigenvalue weighted by Gasteiger charge is -2.12. The van der Waals surface area contributed by atoms with Crippen LogP contribution in [-0.4, -0.2) is 17.4 Å². The fraction of sp³-hybridized carbons (Fsp3) is 0.250. The van der Waals surface area contributed by atoms with E-state index in [1.807, 2.05) is 18.2 Å². The molecule has 1 N–H and O–H groups in total. The number of carbonyl (C=O) groups is 1. The molecule has 2 rings (SSSR count). The maximum Gasteiger partial charge on any atom is 0.251 e. The van der Waals surface area contributed by atoms with E-state index in [0.29, 0.717) is 18.0 Å². The maximum atomic E-state index is 11.8. The van der Waals surface area contributed by atoms with E-state index in [0.717, 1.165) is 6.42 Å². The Bertz CT molecular complexity index is 511. The fourth-order valence-electron chi connectivity index (χ4n) is 1.96. The molecule has 1 heterocycles. The fourth-order valence-corrected chi connectivity index (χ4v) is 1.96. The largest absolute Gasteiger partial charge is 0.352 e. The van der Waals surface area contributed by atoms with Gasteiger partial charge >= 0.3 is 0 Å². The van der Waals surface area contributed by atoms with Crippen molar-refractivity contribution < 1.29 is 4.79 Å². The smallest absolute Gasteiger partial charge is 0.251 e. The third-order valence-electron chi connectivity index (χ3n) is 3.17. The zero-order valence-corrected chi connectivity index (χ0v) is 11.0. The third-order valence-corrected chi connectivity index (χ3v) is 3.17. The molecule has 0 aliphatic rings. The Labute approximate surface area is 113 Å². The topological polar surface area (TPSA) is 42.0 Å². The summed E-state index contributed by atoms with van der Waals surface area (Å²) in [5, 5.41) is 2.93. The average molecular weight is 254 g/mol. The highest BCUT2D eigenvalue weighted by molar-refractivity contribution is 5.93. The van der Waals surface area contributed by atoms with Crippen LogP contribution in [0.2, 0.25) is 0 Å². The second-order valence-electron chi connectivity index (χ2n) is 4.59. The Morgan fingerprint density at radius 2 is 1.84 bits per heavy atom. The van der Waals surface area contributed by atoms with Crippen molar-refractivity contribution in [1.82, 2.24) is 10.3 Å². The van der Waals surface area contributed by atoms with Crippen LogP contribution in [0.1, 0.15) is 35.2 Å². The molecule has 1 amide bonds. The number of benzene rings is 1. The minimum absolute atomic E-state index is 0.0392. The second-order valence-corrected chi connectivity index (χ2v) is 4.59. The van der Waals surface area contributed by atoms with Crippen molar-refractivity contribution >= 4 is 5.91 Å². The molecular weight excluding hydrogens is 236 g/mol. The molecule has 2 aromatic rings. The van der Waals surface area contributed by atoms with Gasteiger partial charge in [-0.1, -0.05) is 37.3 Å². The normalized spacial score (nSPS) is 11.8. The number of aromatic nitrogens is 1. The summed E-state index contributed by atoms with van der Waals surface area (Å²) in [4.78, 5) is 15.7. The Morgan fingerprint density at radius 1 is 1.16 bits per heavy atom. The van der Waals surface area contributed by atoms with Crippen molar-refractivity contribution in [2.45, 2.75) is 19.3 Å². The van der Waals surface area contributed by atoms with Gasteiger partial charge in [0.05, 0.1) is 0 Å². The highest BCUT2D eigenvalue weighted by Gasteiger charge is 2.07. The van der Waals surface area contributed by atoms with Crippen LogP contribution in [0.25, 0.3) is 0 Å². The summed E-state index contributed by atoms with van der Waals surface area (Å²) in [6, 6.07) is 13.8. The third kappa shape index (κ3) is 3.91. The molecule has 0 spiro atoms. The highest BCUT2D eigenvalue weighted by atomic mass is 16.1. The zero-order chi connectivity index (χ0) is 13.5. The molecule has 0 aliphatic heterocycles. The predicted octanol–water partition coefficient (Wildman–Crippen LogP) is 3.01. The summed E-state index contributed by atoms with van der Waals surface area (Å²) >= 11 is 0. The molecule has 19 heavy (non-hydrogen) atoms. The molecule has 1 aromatic carbocycles. The average Bonchev–Trinajstić information content (AvgIpc) is 2.49. The van der Waals surface area contributed by atoms with Crippen LogP contribution in [0.4, 0.5) is 0 Å². The molecule has 3 nitrogen and oxygen atoms in total. The SMILES string of the molecule is CC(CCNC(=O)c1ccncc1)c1ccccc1. The molecule has 3 heteroatoms. The first-order valence-corrected chi connectivity index (χ1v) is 6.50. The van der Waals surface area contributed by atoms with Gasteiger partial charge in [-0.3, -0.25) is 9.78 Å². The molecule has 0 fully saturated rings. The van der Waals surface area contributed by atoms with Gasteiger partial charge in [0.25, 0.3) is 5.91 Å². The molecule has 0 saturated heterocycles. The quantitative estimate of drug-likeness (QED) is 0.891. The monoisotopic (exact) mass is 254 g/mol. The van der Waals surface area contributed by atoms with Gasteiger partial charge in [0.1, 0.15) is 0 Å². The number of hydrogen-bond donors (Lipinski definition) is 1. The van der Waals surface area contributed by atoms with Crippen LogP contribution in [-0.2, 0) is 0 Å². The van der Waals surface area contributed by atoms with Gasteiger partial charge in [-0.15, -0.1) is 0 Å². The summed E-state index contributed by atoms with van der Waals surface area (Å²) in [7, 11) is 0. The van der Waals surface area contributed by atoms with Crippen LogP contribution >= 0.6 is 0 Å². The van der Waals surface area contributed by atoms with E-state index >= 15 is 0 Å². The van der Waals surface area contributed by atoms with Crippen molar-refractivity contribution in [3.05, 3.63) is 66.0 Å². The summed E-state index contributed by atoms with van der Waals surface area (Å²) < 4.78 is 0. The van der Waals surface area contributed by atoms with Crippen LogP contribution in [0.3, 0.4) is 0 Å². The summed E-state index contributed by atoms with van der Waals surface area (Å²) in [6.07, 6.45) is 4.18. The van der Waals surface area contributed by atoms with Crippen molar-refractivity contribution in [3.8, 4) is 0 Å². The molecule has 1 aromatic heterocycles. The lowest BCUT2D eigenvalue weighted by atomic mass is 9.98. The van der Waals surface area contributed by atoms with Crippen LogP contribution < -0.4 is 5.32 Å². The first-order chi connectivity index (χ1) is 9.27. The Balaban J connectivity index is 1.79. The Morgan fingerprint density at radius 3 is 2.53 bits per heavy atom. The Hall–Kier alpha value is -2.16. The van der Waals surface area contributed by atoms with Crippen molar-refractivity contribution in [2.75, 3.05) is 6.54 Å². The second kappa shape index (κ2) is 6.69.